The number of rotatable bonds is 5. The Labute approximate surface area is 136 Å². The van der Waals surface area contributed by atoms with E-state index in [0.29, 0.717) is 30.3 Å². The van der Waals surface area contributed by atoms with Gasteiger partial charge in [-0.1, -0.05) is 6.92 Å². The van der Waals surface area contributed by atoms with Crippen LogP contribution in [0.4, 0.5) is 5.13 Å². The fourth-order valence-corrected chi connectivity index (χ4v) is 3.74. The minimum atomic E-state index is -0.427. The first kappa shape index (κ1) is 15.1. The van der Waals surface area contributed by atoms with Crippen molar-refractivity contribution in [2.45, 2.75) is 32.2 Å². The van der Waals surface area contributed by atoms with Crippen LogP contribution < -0.4 is 5.32 Å². The molecule has 1 aliphatic heterocycles. The maximum atomic E-state index is 12.4. The molecule has 0 spiro atoms. The molecule has 2 amide bonds. The SMILES string of the molecule is CC[C@H](C(=O)Nc1nc(-c2ccsc2)ns1)N1CCCC1=O. The van der Waals surface area contributed by atoms with Gasteiger partial charge in [0.1, 0.15) is 6.04 Å². The van der Waals surface area contributed by atoms with Gasteiger partial charge in [-0.25, -0.2) is 0 Å². The van der Waals surface area contributed by atoms with Gasteiger partial charge < -0.3 is 4.90 Å². The van der Waals surface area contributed by atoms with E-state index in [1.54, 1.807) is 16.2 Å². The van der Waals surface area contributed by atoms with E-state index in [1.165, 1.54) is 0 Å². The van der Waals surface area contributed by atoms with Crippen molar-refractivity contribution in [2.24, 2.45) is 0 Å². The van der Waals surface area contributed by atoms with E-state index in [0.717, 1.165) is 23.5 Å². The molecule has 0 aliphatic carbocycles. The predicted octanol–water partition coefficient (Wildman–Crippen LogP) is 2.61. The van der Waals surface area contributed by atoms with Gasteiger partial charge in [0.25, 0.3) is 0 Å². The molecule has 116 valence electrons. The van der Waals surface area contributed by atoms with Crippen LogP contribution >= 0.6 is 22.9 Å². The Hall–Kier alpha value is -1.80. The minimum absolute atomic E-state index is 0.0539. The van der Waals surface area contributed by atoms with Gasteiger partial charge in [-0.3, -0.25) is 14.9 Å². The summed E-state index contributed by atoms with van der Waals surface area (Å²) in [5, 5.41) is 7.18. The number of thiophene rings is 1. The summed E-state index contributed by atoms with van der Waals surface area (Å²) in [5.74, 6) is 0.482. The highest BCUT2D eigenvalue weighted by atomic mass is 32.1. The molecule has 1 N–H and O–H groups in total. The average Bonchev–Trinajstić information content (AvgIpc) is 3.21. The number of nitrogens with zero attached hydrogens (tertiary/aromatic N) is 3. The third-order valence-corrected chi connectivity index (χ3v) is 4.92. The molecule has 0 radical (unpaired) electrons. The first-order valence-electron chi connectivity index (χ1n) is 7.15. The molecule has 1 aliphatic rings. The summed E-state index contributed by atoms with van der Waals surface area (Å²) in [7, 11) is 0. The Kier molecular flexibility index (Phi) is 4.49. The minimum Gasteiger partial charge on any atom is -0.331 e. The third-order valence-electron chi connectivity index (χ3n) is 3.61. The first-order chi connectivity index (χ1) is 10.7. The van der Waals surface area contributed by atoms with Gasteiger partial charge in [0, 0.05) is 35.4 Å². The van der Waals surface area contributed by atoms with Crippen LogP contribution in [0.15, 0.2) is 16.8 Å². The second-order valence-corrected chi connectivity index (χ2v) is 6.57. The predicted molar refractivity (Wildman–Crippen MR) is 86.9 cm³/mol. The summed E-state index contributed by atoms with van der Waals surface area (Å²) >= 11 is 2.73. The highest BCUT2D eigenvalue weighted by Crippen LogP contribution is 2.24. The lowest BCUT2D eigenvalue weighted by Crippen LogP contribution is -2.44. The zero-order valence-electron chi connectivity index (χ0n) is 12.1. The molecule has 0 aromatic carbocycles. The summed E-state index contributed by atoms with van der Waals surface area (Å²) in [6, 6.07) is 1.51. The lowest BCUT2D eigenvalue weighted by atomic mass is 10.2. The highest BCUT2D eigenvalue weighted by Gasteiger charge is 2.31. The third kappa shape index (κ3) is 3.02. The molecule has 2 aromatic heterocycles. The molecular weight excluding hydrogens is 320 g/mol. The van der Waals surface area contributed by atoms with Crippen LogP contribution in [0.3, 0.4) is 0 Å². The first-order valence-corrected chi connectivity index (χ1v) is 8.87. The van der Waals surface area contributed by atoms with Gasteiger partial charge in [0.05, 0.1) is 0 Å². The van der Waals surface area contributed by atoms with Crippen molar-refractivity contribution in [3.05, 3.63) is 16.8 Å². The van der Waals surface area contributed by atoms with Crippen LogP contribution in [0.5, 0.6) is 0 Å². The molecule has 3 heterocycles. The average molecular weight is 336 g/mol. The lowest BCUT2D eigenvalue weighted by molar-refractivity contribution is -0.135. The van der Waals surface area contributed by atoms with E-state index < -0.39 is 6.04 Å². The smallest absolute Gasteiger partial charge is 0.248 e. The molecule has 1 fully saturated rings. The Balaban J connectivity index is 1.69. The summed E-state index contributed by atoms with van der Waals surface area (Å²) < 4.78 is 4.25. The number of amides is 2. The number of carbonyl (C=O) groups excluding carboxylic acids is 2. The molecule has 3 rings (SSSR count). The van der Waals surface area contributed by atoms with Crippen LogP contribution in [0.25, 0.3) is 11.4 Å². The monoisotopic (exact) mass is 336 g/mol. The van der Waals surface area contributed by atoms with E-state index in [1.807, 2.05) is 23.8 Å². The van der Waals surface area contributed by atoms with Crippen molar-refractivity contribution in [3.8, 4) is 11.4 Å². The van der Waals surface area contributed by atoms with Gasteiger partial charge in [-0.15, -0.1) is 0 Å². The zero-order chi connectivity index (χ0) is 15.5. The van der Waals surface area contributed by atoms with Crippen LogP contribution in [0.1, 0.15) is 26.2 Å². The van der Waals surface area contributed by atoms with Gasteiger partial charge in [0.15, 0.2) is 5.82 Å². The molecule has 22 heavy (non-hydrogen) atoms. The summed E-state index contributed by atoms with van der Waals surface area (Å²) in [6.07, 6.45) is 1.95. The molecule has 0 saturated carbocycles. The van der Waals surface area contributed by atoms with Crippen LogP contribution in [0, 0.1) is 0 Å². The highest BCUT2D eigenvalue weighted by molar-refractivity contribution is 7.10. The number of hydrogen-bond donors (Lipinski definition) is 1. The summed E-state index contributed by atoms with van der Waals surface area (Å²) in [6.45, 7) is 2.56. The van der Waals surface area contributed by atoms with Gasteiger partial charge in [-0.05, 0) is 24.3 Å². The molecule has 2 aromatic rings. The van der Waals surface area contributed by atoms with Gasteiger partial charge >= 0.3 is 0 Å². The largest absolute Gasteiger partial charge is 0.331 e. The van der Waals surface area contributed by atoms with E-state index in [9.17, 15) is 9.59 Å². The number of nitrogens with one attached hydrogen (secondary N) is 1. The van der Waals surface area contributed by atoms with E-state index in [4.69, 9.17) is 0 Å². The fourth-order valence-electron chi connectivity index (χ4n) is 2.52. The molecule has 1 atom stereocenters. The number of anilines is 1. The lowest BCUT2D eigenvalue weighted by Gasteiger charge is -2.25. The Bertz CT molecular complexity index is 668. The quantitative estimate of drug-likeness (QED) is 0.911. The Morgan fingerprint density at radius 2 is 2.41 bits per heavy atom. The fraction of sp³-hybridized carbons (Fsp3) is 0.429. The molecule has 0 bridgehead atoms. The van der Waals surface area contributed by atoms with Crippen LogP contribution in [-0.4, -0.2) is 38.7 Å². The van der Waals surface area contributed by atoms with Crippen molar-refractivity contribution in [1.82, 2.24) is 14.3 Å². The standard InChI is InChI=1S/C14H16N4O2S2/c1-2-10(18-6-3-4-11(18)19)13(20)16-14-15-12(17-22-14)9-5-7-21-8-9/h5,7-8,10H,2-4,6H2,1H3,(H,15,16,17,20)/t10-/m1/s1. The van der Waals surface area contributed by atoms with E-state index in [-0.39, 0.29) is 11.8 Å². The Morgan fingerprint density at radius 1 is 1.55 bits per heavy atom. The van der Waals surface area contributed by atoms with Crippen molar-refractivity contribution in [1.29, 1.82) is 0 Å². The van der Waals surface area contributed by atoms with Crippen molar-refractivity contribution < 1.29 is 9.59 Å². The molecule has 6 nitrogen and oxygen atoms in total. The second kappa shape index (κ2) is 6.53. The summed E-state index contributed by atoms with van der Waals surface area (Å²) in [4.78, 5) is 30.2. The maximum Gasteiger partial charge on any atom is 0.248 e. The number of carbonyl (C=O) groups is 2. The number of aromatic nitrogens is 2. The van der Waals surface area contributed by atoms with Crippen molar-refractivity contribution in [2.75, 3.05) is 11.9 Å². The van der Waals surface area contributed by atoms with Crippen LogP contribution in [-0.2, 0) is 9.59 Å². The Morgan fingerprint density at radius 3 is 3.05 bits per heavy atom. The second-order valence-electron chi connectivity index (χ2n) is 5.04. The molecular formula is C14H16N4O2S2. The van der Waals surface area contributed by atoms with Gasteiger partial charge in [0.2, 0.25) is 16.9 Å². The molecule has 0 unspecified atom stereocenters. The van der Waals surface area contributed by atoms with Crippen LogP contribution in [0.2, 0.25) is 0 Å². The zero-order valence-corrected chi connectivity index (χ0v) is 13.7. The maximum absolute atomic E-state index is 12.4. The van der Waals surface area contributed by atoms with Crippen molar-refractivity contribution in [3.63, 3.8) is 0 Å². The number of likely N-dealkylation sites (tertiary alicyclic amines) is 1. The normalized spacial score (nSPS) is 16.0. The topological polar surface area (TPSA) is 75.2 Å². The van der Waals surface area contributed by atoms with Gasteiger partial charge in [-0.2, -0.15) is 20.7 Å². The van der Waals surface area contributed by atoms with Crippen molar-refractivity contribution >= 4 is 39.8 Å². The van der Waals surface area contributed by atoms with E-state index in [2.05, 4.69) is 14.7 Å². The molecule has 1 saturated heterocycles. The number of hydrogen-bond acceptors (Lipinski definition) is 6. The van der Waals surface area contributed by atoms with E-state index >= 15 is 0 Å². The summed E-state index contributed by atoms with van der Waals surface area (Å²) in [5.41, 5.74) is 0.948. The molecule has 8 heteroatoms.